The van der Waals surface area contributed by atoms with E-state index >= 15 is 0 Å². The molecule has 25 heavy (non-hydrogen) atoms. The molecule has 0 N–H and O–H groups in total. The summed E-state index contributed by atoms with van der Waals surface area (Å²) in [6.07, 6.45) is 1.07. The van der Waals surface area contributed by atoms with E-state index < -0.39 is 0 Å². The Morgan fingerprint density at radius 2 is 1.64 bits per heavy atom. The highest BCUT2D eigenvalue weighted by Crippen LogP contribution is 2.27. The Morgan fingerprint density at radius 1 is 0.920 bits per heavy atom. The number of hydrogen-bond acceptors (Lipinski definition) is 3. The molecular weight excluding hydrogens is 328 g/mol. The second-order valence-corrected chi connectivity index (χ2v) is 7.43. The third-order valence-corrected chi connectivity index (χ3v) is 5.89. The van der Waals surface area contributed by atoms with E-state index in [2.05, 4.69) is 47.4 Å². The summed E-state index contributed by atoms with van der Waals surface area (Å²) < 4.78 is 1.19. The molecule has 1 saturated heterocycles. The van der Waals surface area contributed by atoms with E-state index in [4.69, 9.17) is 0 Å². The van der Waals surface area contributed by atoms with Crippen molar-refractivity contribution in [3.8, 4) is 0 Å². The second-order valence-electron chi connectivity index (χ2n) is 6.51. The lowest BCUT2D eigenvalue weighted by Gasteiger charge is -2.34. The van der Waals surface area contributed by atoms with Crippen molar-refractivity contribution in [3.63, 3.8) is 0 Å². The summed E-state index contributed by atoms with van der Waals surface area (Å²) >= 11 is 1.65. The van der Waals surface area contributed by atoms with Crippen LogP contribution in [0.5, 0.6) is 0 Å². The fourth-order valence-corrected chi connectivity index (χ4v) is 4.35. The maximum absolute atomic E-state index is 12.9. The van der Waals surface area contributed by atoms with Crippen molar-refractivity contribution in [2.24, 2.45) is 0 Å². The Balaban J connectivity index is 1.34. The van der Waals surface area contributed by atoms with Crippen LogP contribution in [0.25, 0.3) is 10.1 Å². The maximum atomic E-state index is 12.9. The van der Waals surface area contributed by atoms with Crippen LogP contribution in [0, 0.1) is 0 Å². The number of benzene rings is 2. The van der Waals surface area contributed by atoms with Gasteiger partial charge in [-0.2, -0.15) is 0 Å². The Bertz CT molecular complexity index is 850. The van der Waals surface area contributed by atoms with E-state index in [0.29, 0.717) is 0 Å². The third-order valence-electron chi connectivity index (χ3n) is 4.93. The van der Waals surface area contributed by atoms with Gasteiger partial charge in [0.15, 0.2) is 0 Å². The van der Waals surface area contributed by atoms with Crippen molar-refractivity contribution in [3.05, 3.63) is 71.1 Å². The summed E-state index contributed by atoms with van der Waals surface area (Å²) in [4.78, 5) is 17.3. The average molecular weight is 350 g/mol. The largest absolute Gasteiger partial charge is 0.336 e. The van der Waals surface area contributed by atoms with E-state index in [1.54, 1.807) is 11.3 Å². The molecule has 0 radical (unpaired) electrons. The van der Waals surface area contributed by atoms with Gasteiger partial charge in [0.1, 0.15) is 0 Å². The van der Waals surface area contributed by atoms with Crippen molar-refractivity contribution in [1.82, 2.24) is 9.80 Å². The van der Waals surface area contributed by atoms with Crippen LogP contribution in [0.15, 0.2) is 60.0 Å². The zero-order chi connectivity index (χ0) is 17.1. The fraction of sp³-hybridized carbons (Fsp3) is 0.286. The van der Waals surface area contributed by atoms with Gasteiger partial charge in [-0.3, -0.25) is 9.69 Å². The molecule has 1 aliphatic rings. The Labute approximate surface area is 152 Å². The molecule has 0 bridgehead atoms. The van der Waals surface area contributed by atoms with E-state index in [9.17, 15) is 4.79 Å². The van der Waals surface area contributed by atoms with Crippen LogP contribution in [-0.2, 0) is 6.42 Å². The summed E-state index contributed by atoms with van der Waals surface area (Å²) in [6, 6.07) is 18.8. The van der Waals surface area contributed by atoms with Gasteiger partial charge in [-0.05, 0) is 18.1 Å². The van der Waals surface area contributed by atoms with Crippen LogP contribution in [0.3, 0.4) is 0 Å². The standard InChI is InChI=1S/C21H22N2OS/c24-21(19-16-25-20-9-5-4-8-18(19)20)23-14-12-22(13-15-23)11-10-17-6-2-1-3-7-17/h1-9,16H,10-15H2. The minimum Gasteiger partial charge on any atom is -0.336 e. The van der Waals surface area contributed by atoms with Crippen LogP contribution in [0.1, 0.15) is 15.9 Å². The lowest BCUT2D eigenvalue weighted by atomic mass is 10.1. The van der Waals surface area contributed by atoms with Gasteiger partial charge in [-0.15, -0.1) is 11.3 Å². The number of amides is 1. The normalized spacial score (nSPS) is 15.6. The number of piperazine rings is 1. The molecule has 4 rings (SSSR count). The zero-order valence-electron chi connectivity index (χ0n) is 14.2. The van der Waals surface area contributed by atoms with Gasteiger partial charge < -0.3 is 4.90 Å². The zero-order valence-corrected chi connectivity index (χ0v) is 15.0. The summed E-state index contributed by atoms with van der Waals surface area (Å²) in [5.41, 5.74) is 2.24. The molecule has 1 fully saturated rings. The lowest BCUT2D eigenvalue weighted by Crippen LogP contribution is -2.49. The molecule has 0 aliphatic carbocycles. The molecule has 2 heterocycles. The van der Waals surface area contributed by atoms with Crippen LogP contribution < -0.4 is 0 Å². The van der Waals surface area contributed by atoms with E-state index in [1.807, 2.05) is 22.4 Å². The van der Waals surface area contributed by atoms with E-state index in [0.717, 1.165) is 50.1 Å². The highest BCUT2D eigenvalue weighted by molar-refractivity contribution is 7.17. The average Bonchev–Trinajstić information content (AvgIpc) is 3.11. The predicted octanol–water partition coefficient (Wildman–Crippen LogP) is 3.90. The molecule has 0 saturated carbocycles. The minimum absolute atomic E-state index is 0.181. The second kappa shape index (κ2) is 7.38. The fourth-order valence-electron chi connectivity index (χ4n) is 3.42. The number of thiophene rings is 1. The van der Waals surface area contributed by atoms with Crippen LogP contribution in [-0.4, -0.2) is 48.4 Å². The summed E-state index contributed by atoms with van der Waals surface area (Å²) in [7, 11) is 0. The van der Waals surface area contributed by atoms with Gasteiger partial charge >= 0.3 is 0 Å². The summed E-state index contributed by atoms with van der Waals surface area (Å²) in [5.74, 6) is 0.181. The Hall–Kier alpha value is -2.17. The first-order chi connectivity index (χ1) is 12.3. The number of carbonyl (C=O) groups excluding carboxylic acids is 1. The Morgan fingerprint density at radius 3 is 2.44 bits per heavy atom. The first-order valence-corrected chi connectivity index (χ1v) is 9.71. The van der Waals surface area contributed by atoms with Gasteiger partial charge in [-0.25, -0.2) is 0 Å². The highest BCUT2D eigenvalue weighted by Gasteiger charge is 2.23. The molecule has 2 aromatic carbocycles. The molecule has 1 amide bonds. The molecule has 3 nitrogen and oxygen atoms in total. The summed E-state index contributed by atoms with van der Waals surface area (Å²) in [5, 5.41) is 3.10. The molecule has 0 unspecified atom stereocenters. The number of carbonyl (C=O) groups is 1. The van der Waals surface area contributed by atoms with Gasteiger partial charge in [0.2, 0.25) is 0 Å². The van der Waals surface area contributed by atoms with E-state index in [1.165, 1.54) is 10.3 Å². The van der Waals surface area contributed by atoms with Crippen LogP contribution >= 0.6 is 11.3 Å². The monoisotopic (exact) mass is 350 g/mol. The number of hydrogen-bond donors (Lipinski definition) is 0. The van der Waals surface area contributed by atoms with Gasteiger partial charge in [-0.1, -0.05) is 48.5 Å². The van der Waals surface area contributed by atoms with Crippen molar-refractivity contribution >= 4 is 27.3 Å². The molecule has 0 atom stereocenters. The van der Waals surface area contributed by atoms with Gasteiger partial charge in [0, 0.05) is 48.2 Å². The molecule has 3 aromatic rings. The number of rotatable bonds is 4. The molecule has 1 aliphatic heterocycles. The quantitative estimate of drug-likeness (QED) is 0.712. The molecule has 4 heteroatoms. The third kappa shape index (κ3) is 3.60. The first-order valence-electron chi connectivity index (χ1n) is 8.83. The highest BCUT2D eigenvalue weighted by atomic mass is 32.1. The molecule has 128 valence electrons. The SMILES string of the molecule is O=C(c1csc2ccccc12)N1CCN(CCc2ccccc2)CC1. The molecule has 0 spiro atoms. The minimum atomic E-state index is 0.181. The lowest BCUT2D eigenvalue weighted by molar-refractivity contribution is 0.0641. The van der Waals surface area contributed by atoms with Crippen molar-refractivity contribution in [2.75, 3.05) is 32.7 Å². The van der Waals surface area contributed by atoms with E-state index in [-0.39, 0.29) is 5.91 Å². The van der Waals surface area contributed by atoms with Crippen LogP contribution in [0.4, 0.5) is 0 Å². The number of nitrogens with zero attached hydrogens (tertiary/aromatic N) is 2. The van der Waals surface area contributed by atoms with Crippen LogP contribution in [0.2, 0.25) is 0 Å². The predicted molar refractivity (Wildman–Crippen MR) is 104 cm³/mol. The smallest absolute Gasteiger partial charge is 0.255 e. The van der Waals surface area contributed by atoms with Crippen molar-refractivity contribution in [1.29, 1.82) is 0 Å². The van der Waals surface area contributed by atoms with Gasteiger partial charge in [0.05, 0.1) is 5.56 Å². The topological polar surface area (TPSA) is 23.6 Å². The number of fused-ring (bicyclic) bond motifs is 1. The van der Waals surface area contributed by atoms with Gasteiger partial charge in [0.25, 0.3) is 5.91 Å². The Kier molecular flexibility index (Phi) is 4.81. The first kappa shape index (κ1) is 16.3. The van der Waals surface area contributed by atoms with Crippen molar-refractivity contribution in [2.45, 2.75) is 6.42 Å². The molecule has 1 aromatic heterocycles. The van der Waals surface area contributed by atoms with Crippen molar-refractivity contribution < 1.29 is 4.79 Å². The molecular formula is C21H22N2OS. The maximum Gasteiger partial charge on any atom is 0.255 e. The summed E-state index contributed by atoms with van der Waals surface area (Å²) in [6.45, 7) is 4.62.